The Balaban J connectivity index is 2.02. The minimum Gasteiger partial charge on any atom is -0.368 e. The van der Waals surface area contributed by atoms with Gasteiger partial charge in [0.1, 0.15) is 12.1 Å². The second-order valence-corrected chi connectivity index (χ2v) is 4.89. The van der Waals surface area contributed by atoms with Crippen LogP contribution < -0.4 is 5.32 Å². The van der Waals surface area contributed by atoms with Gasteiger partial charge in [0.15, 0.2) is 0 Å². The molecule has 1 N–H and O–H groups in total. The minimum absolute atomic E-state index is 0.578. The van der Waals surface area contributed by atoms with E-state index in [0.717, 1.165) is 36.4 Å². The van der Waals surface area contributed by atoms with Gasteiger partial charge in [0.25, 0.3) is 0 Å². The number of likely N-dealkylation sites (N-methyl/N-ethyl adjacent to an activating group) is 1. The number of para-hydroxylation sites is 1. The van der Waals surface area contributed by atoms with Crippen molar-refractivity contribution in [2.45, 2.75) is 26.8 Å². The fourth-order valence-corrected chi connectivity index (χ4v) is 2.25. The summed E-state index contributed by atoms with van der Waals surface area (Å²) in [7, 11) is 0. The highest BCUT2D eigenvalue weighted by Crippen LogP contribution is 2.17. The summed E-state index contributed by atoms with van der Waals surface area (Å²) in [6.45, 7) is 9.64. The van der Waals surface area contributed by atoms with Gasteiger partial charge in [-0.25, -0.2) is 9.97 Å². The molecule has 0 aliphatic rings. The van der Waals surface area contributed by atoms with Crippen LogP contribution in [0.2, 0.25) is 0 Å². The lowest BCUT2D eigenvalue weighted by Gasteiger charge is -2.24. The molecule has 0 unspecified atom stereocenters. The lowest BCUT2D eigenvalue weighted by atomic mass is 10.2. The summed E-state index contributed by atoms with van der Waals surface area (Å²) in [4.78, 5) is 11.0. The highest BCUT2D eigenvalue weighted by atomic mass is 15.2. The van der Waals surface area contributed by atoms with E-state index in [9.17, 15) is 0 Å². The molecule has 2 aromatic rings. The molecule has 1 aromatic carbocycles. The van der Waals surface area contributed by atoms with Crippen molar-refractivity contribution in [1.29, 1.82) is 0 Å². The molecule has 0 spiro atoms. The molecule has 0 bridgehead atoms. The van der Waals surface area contributed by atoms with Gasteiger partial charge in [0.2, 0.25) is 0 Å². The summed E-state index contributed by atoms with van der Waals surface area (Å²) in [6, 6.07) is 8.65. The van der Waals surface area contributed by atoms with Gasteiger partial charge in [0, 0.05) is 24.5 Å². The normalized spacial score (nSPS) is 11.4. The Morgan fingerprint density at radius 3 is 2.74 bits per heavy atom. The SMILES string of the molecule is CCN(CCNc1ncnc2ccccc12)C(C)C. The summed E-state index contributed by atoms with van der Waals surface area (Å²) >= 11 is 0. The van der Waals surface area contributed by atoms with Gasteiger partial charge in [0.05, 0.1) is 5.52 Å². The zero-order valence-electron chi connectivity index (χ0n) is 11.9. The molecule has 0 radical (unpaired) electrons. The van der Waals surface area contributed by atoms with E-state index in [2.05, 4.69) is 47.0 Å². The summed E-state index contributed by atoms with van der Waals surface area (Å²) in [5, 5.41) is 4.50. The van der Waals surface area contributed by atoms with E-state index in [0.29, 0.717) is 6.04 Å². The highest BCUT2D eigenvalue weighted by Gasteiger charge is 2.07. The first-order chi connectivity index (χ1) is 9.22. The second kappa shape index (κ2) is 6.48. The van der Waals surface area contributed by atoms with Gasteiger partial charge >= 0.3 is 0 Å². The Kier molecular flexibility index (Phi) is 4.68. The summed E-state index contributed by atoms with van der Waals surface area (Å²) < 4.78 is 0. The number of rotatable bonds is 6. The Hall–Kier alpha value is -1.68. The average Bonchev–Trinajstić information content (AvgIpc) is 2.43. The third kappa shape index (κ3) is 3.41. The van der Waals surface area contributed by atoms with Gasteiger partial charge in [-0.1, -0.05) is 19.1 Å². The Labute approximate surface area is 114 Å². The zero-order valence-corrected chi connectivity index (χ0v) is 11.9. The molecule has 0 amide bonds. The predicted octanol–water partition coefficient (Wildman–Crippen LogP) is 2.77. The molecule has 0 aliphatic carbocycles. The second-order valence-electron chi connectivity index (χ2n) is 4.89. The van der Waals surface area contributed by atoms with E-state index in [1.807, 2.05) is 18.2 Å². The number of aromatic nitrogens is 2. The maximum absolute atomic E-state index is 4.33. The van der Waals surface area contributed by atoms with Gasteiger partial charge in [-0.05, 0) is 32.5 Å². The molecule has 0 saturated heterocycles. The number of anilines is 1. The zero-order chi connectivity index (χ0) is 13.7. The fraction of sp³-hybridized carbons (Fsp3) is 0.467. The van der Waals surface area contributed by atoms with Crippen LogP contribution in [0.1, 0.15) is 20.8 Å². The van der Waals surface area contributed by atoms with Gasteiger partial charge in [-0.3, -0.25) is 4.90 Å². The van der Waals surface area contributed by atoms with Crippen molar-refractivity contribution >= 4 is 16.7 Å². The van der Waals surface area contributed by atoms with Crippen molar-refractivity contribution in [3.8, 4) is 0 Å². The molecule has 19 heavy (non-hydrogen) atoms. The summed E-state index contributed by atoms with van der Waals surface area (Å²) in [5.41, 5.74) is 0.983. The maximum Gasteiger partial charge on any atom is 0.137 e. The lowest BCUT2D eigenvalue weighted by Crippen LogP contribution is -2.34. The predicted molar refractivity (Wildman–Crippen MR) is 80.4 cm³/mol. The first-order valence-electron chi connectivity index (χ1n) is 6.90. The first-order valence-corrected chi connectivity index (χ1v) is 6.90. The molecular formula is C15H22N4. The van der Waals surface area contributed by atoms with Crippen LogP contribution in [0.15, 0.2) is 30.6 Å². The van der Waals surface area contributed by atoms with Crippen LogP contribution in [0, 0.1) is 0 Å². The highest BCUT2D eigenvalue weighted by molar-refractivity contribution is 5.88. The molecule has 1 heterocycles. The number of hydrogen-bond acceptors (Lipinski definition) is 4. The van der Waals surface area contributed by atoms with Crippen LogP contribution in [-0.2, 0) is 0 Å². The number of nitrogens with zero attached hydrogens (tertiary/aromatic N) is 3. The standard InChI is InChI=1S/C15H22N4/c1-4-19(12(2)3)10-9-16-15-13-7-5-6-8-14(13)17-11-18-15/h5-8,11-12H,4,9-10H2,1-3H3,(H,16,17,18). The monoisotopic (exact) mass is 258 g/mol. The van der Waals surface area contributed by atoms with E-state index < -0.39 is 0 Å². The van der Waals surface area contributed by atoms with Crippen molar-refractivity contribution in [2.75, 3.05) is 25.0 Å². The van der Waals surface area contributed by atoms with Gasteiger partial charge in [-0.15, -0.1) is 0 Å². The van der Waals surface area contributed by atoms with Crippen molar-refractivity contribution in [3.05, 3.63) is 30.6 Å². The molecule has 0 aliphatic heterocycles. The topological polar surface area (TPSA) is 41.0 Å². The molecule has 4 heteroatoms. The molecular weight excluding hydrogens is 236 g/mol. The third-order valence-corrected chi connectivity index (χ3v) is 3.37. The molecule has 0 fully saturated rings. The van der Waals surface area contributed by atoms with Crippen molar-refractivity contribution in [2.24, 2.45) is 0 Å². The number of hydrogen-bond donors (Lipinski definition) is 1. The maximum atomic E-state index is 4.33. The quantitative estimate of drug-likeness (QED) is 0.865. The molecule has 0 saturated carbocycles. The Morgan fingerprint density at radius 1 is 1.21 bits per heavy atom. The summed E-state index contributed by atoms with van der Waals surface area (Å²) in [6.07, 6.45) is 1.62. The molecule has 0 atom stereocenters. The first kappa shape index (κ1) is 13.7. The largest absolute Gasteiger partial charge is 0.368 e. The minimum atomic E-state index is 0.578. The molecule has 2 rings (SSSR count). The van der Waals surface area contributed by atoms with E-state index in [1.54, 1.807) is 6.33 Å². The molecule has 4 nitrogen and oxygen atoms in total. The van der Waals surface area contributed by atoms with Crippen LogP contribution in [-0.4, -0.2) is 40.5 Å². The number of benzene rings is 1. The van der Waals surface area contributed by atoms with Crippen molar-refractivity contribution in [1.82, 2.24) is 14.9 Å². The van der Waals surface area contributed by atoms with Crippen LogP contribution in [0.3, 0.4) is 0 Å². The molecule has 102 valence electrons. The Bertz CT molecular complexity index is 519. The van der Waals surface area contributed by atoms with Crippen LogP contribution in [0.5, 0.6) is 0 Å². The smallest absolute Gasteiger partial charge is 0.137 e. The van der Waals surface area contributed by atoms with Crippen molar-refractivity contribution < 1.29 is 0 Å². The van der Waals surface area contributed by atoms with E-state index >= 15 is 0 Å². The van der Waals surface area contributed by atoms with Gasteiger partial charge in [-0.2, -0.15) is 0 Å². The Morgan fingerprint density at radius 2 is 2.00 bits per heavy atom. The fourth-order valence-electron chi connectivity index (χ4n) is 2.25. The van der Waals surface area contributed by atoms with E-state index in [1.165, 1.54) is 0 Å². The van der Waals surface area contributed by atoms with Crippen molar-refractivity contribution in [3.63, 3.8) is 0 Å². The van der Waals surface area contributed by atoms with Crippen LogP contribution >= 0.6 is 0 Å². The van der Waals surface area contributed by atoms with E-state index in [-0.39, 0.29) is 0 Å². The molecule has 1 aromatic heterocycles. The van der Waals surface area contributed by atoms with E-state index in [4.69, 9.17) is 0 Å². The summed E-state index contributed by atoms with van der Waals surface area (Å²) in [5.74, 6) is 0.922. The third-order valence-electron chi connectivity index (χ3n) is 3.37. The number of nitrogens with one attached hydrogen (secondary N) is 1. The average molecular weight is 258 g/mol. The number of fused-ring (bicyclic) bond motifs is 1. The lowest BCUT2D eigenvalue weighted by molar-refractivity contribution is 0.243. The van der Waals surface area contributed by atoms with Gasteiger partial charge < -0.3 is 5.32 Å². The van der Waals surface area contributed by atoms with Crippen LogP contribution in [0.4, 0.5) is 5.82 Å². The van der Waals surface area contributed by atoms with Crippen LogP contribution in [0.25, 0.3) is 10.9 Å².